The molecule has 178 valence electrons. The molecule has 0 radical (unpaired) electrons. The second kappa shape index (κ2) is 9.85. The quantitative estimate of drug-likeness (QED) is 0.355. The van der Waals surface area contributed by atoms with E-state index in [1.807, 2.05) is 60.7 Å². The van der Waals surface area contributed by atoms with Crippen molar-refractivity contribution in [2.75, 3.05) is 0 Å². The van der Waals surface area contributed by atoms with Crippen molar-refractivity contribution in [1.82, 2.24) is 35.6 Å². The molecule has 0 saturated carbocycles. The molecule has 36 heavy (non-hydrogen) atoms. The van der Waals surface area contributed by atoms with E-state index in [0.29, 0.717) is 27.7 Å². The minimum Gasteiger partial charge on any atom is -0.267 e. The van der Waals surface area contributed by atoms with Gasteiger partial charge in [-0.15, -0.1) is 5.10 Å². The normalized spacial score (nSPS) is 10.7. The van der Waals surface area contributed by atoms with Crippen molar-refractivity contribution in [1.29, 1.82) is 0 Å². The largest absolute Gasteiger partial charge is 0.292 e. The van der Waals surface area contributed by atoms with Gasteiger partial charge >= 0.3 is 0 Å². The van der Waals surface area contributed by atoms with Crippen molar-refractivity contribution in [3.05, 3.63) is 113 Å². The van der Waals surface area contributed by atoms with Crippen molar-refractivity contribution in [2.45, 2.75) is 6.92 Å². The second-order valence-electron chi connectivity index (χ2n) is 7.86. The Labute approximate surface area is 211 Å². The zero-order chi connectivity index (χ0) is 25.1. The molecule has 0 aliphatic rings. The highest BCUT2D eigenvalue weighted by Gasteiger charge is 2.21. The van der Waals surface area contributed by atoms with Crippen LogP contribution in [0, 0.1) is 6.92 Å². The van der Waals surface area contributed by atoms with Gasteiger partial charge in [-0.3, -0.25) is 20.4 Å². The summed E-state index contributed by atoms with van der Waals surface area (Å²) in [6.07, 6.45) is 1.62. The van der Waals surface area contributed by atoms with Crippen molar-refractivity contribution < 1.29 is 9.59 Å². The zero-order valence-electron chi connectivity index (χ0n) is 19.1. The van der Waals surface area contributed by atoms with Crippen LogP contribution < -0.4 is 10.9 Å². The Hall–Kier alpha value is -4.76. The molecule has 0 bridgehead atoms. The Balaban J connectivity index is 1.38. The molecule has 0 aliphatic heterocycles. The number of para-hydroxylation sites is 1. The van der Waals surface area contributed by atoms with Crippen LogP contribution in [0.4, 0.5) is 0 Å². The standard InChI is InChI=1S/C26H20ClN7O2/c1-17-23(28-32-34(17)21-14-8-11-19(27)15-21)26(36)30-29-25(35)22-16-33(20-12-6-3-7-13-20)31-24(22)18-9-4-2-5-10-18/h2-16H,1H3,(H,29,35)(H,30,36). The third-order valence-electron chi connectivity index (χ3n) is 5.48. The van der Waals surface area contributed by atoms with E-state index in [0.717, 1.165) is 11.3 Å². The fraction of sp³-hybridized carbons (Fsp3) is 0.0385. The van der Waals surface area contributed by atoms with E-state index in [9.17, 15) is 9.59 Å². The number of rotatable bonds is 5. The summed E-state index contributed by atoms with van der Waals surface area (Å²) in [5, 5.41) is 13.2. The third kappa shape index (κ3) is 4.59. The molecule has 3 aromatic carbocycles. The number of benzene rings is 3. The van der Waals surface area contributed by atoms with Crippen molar-refractivity contribution >= 4 is 23.4 Å². The van der Waals surface area contributed by atoms with E-state index in [1.54, 1.807) is 42.1 Å². The number of halogens is 1. The molecule has 2 N–H and O–H groups in total. The lowest BCUT2D eigenvalue weighted by atomic mass is 10.1. The number of nitrogens with zero attached hydrogens (tertiary/aromatic N) is 5. The van der Waals surface area contributed by atoms with E-state index in [1.165, 1.54) is 4.68 Å². The first-order chi connectivity index (χ1) is 17.5. The van der Waals surface area contributed by atoms with Gasteiger partial charge in [0, 0.05) is 16.8 Å². The number of amides is 2. The molecule has 2 amide bonds. The van der Waals surface area contributed by atoms with Crippen LogP contribution in [0.2, 0.25) is 5.02 Å². The monoisotopic (exact) mass is 497 g/mol. The summed E-state index contributed by atoms with van der Waals surface area (Å²) in [6, 6.07) is 25.8. The first-order valence-electron chi connectivity index (χ1n) is 11.0. The van der Waals surface area contributed by atoms with Crippen LogP contribution in [0.25, 0.3) is 22.6 Å². The molecule has 2 aromatic heterocycles. The molecule has 0 aliphatic carbocycles. The number of hydrazine groups is 1. The maximum atomic E-state index is 13.1. The van der Waals surface area contributed by atoms with Crippen LogP contribution in [0.5, 0.6) is 0 Å². The van der Waals surface area contributed by atoms with Crippen LogP contribution in [0.3, 0.4) is 0 Å². The summed E-state index contributed by atoms with van der Waals surface area (Å²) < 4.78 is 3.12. The van der Waals surface area contributed by atoms with Crippen LogP contribution in [-0.2, 0) is 0 Å². The van der Waals surface area contributed by atoms with E-state index in [-0.39, 0.29) is 5.69 Å². The highest BCUT2D eigenvalue weighted by molar-refractivity contribution is 6.30. The molecule has 5 rings (SSSR count). The van der Waals surface area contributed by atoms with E-state index in [2.05, 4.69) is 26.3 Å². The molecular formula is C26H20ClN7O2. The molecule has 5 aromatic rings. The molecule has 0 fully saturated rings. The SMILES string of the molecule is Cc1c(C(=O)NNC(=O)c2cn(-c3ccccc3)nc2-c2ccccc2)nnn1-c1cccc(Cl)c1. The number of aromatic nitrogens is 5. The predicted octanol–water partition coefficient (Wildman–Crippen LogP) is 4.16. The van der Waals surface area contributed by atoms with Crippen molar-refractivity contribution in [3.8, 4) is 22.6 Å². The topological polar surface area (TPSA) is 107 Å². The minimum atomic E-state index is -0.606. The summed E-state index contributed by atoms with van der Waals surface area (Å²) in [5.74, 6) is -1.13. The lowest BCUT2D eigenvalue weighted by Gasteiger charge is -2.07. The Morgan fingerprint density at radius 1 is 0.833 bits per heavy atom. The maximum Gasteiger partial charge on any atom is 0.292 e. The number of hydrogen-bond acceptors (Lipinski definition) is 5. The smallest absolute Gasteiger partial charge is 0.267 e. The molecule has 0 atom stereocenters. The van der Waals surface area contributed by atoms with E-state index >= 15 is 0 Å². The van der Waals surface area contributed by atoms with E-state index in [4.69, 9.17) is 11.6 Å². The van der Waals surface area contributed by atoms with Crippen molar-refractivity contribution in [2.24, 2.45) is 0 Å². The van der Waals surface area contributed by atoms with Gasteiger partial charge < -0.3 is 0 Å². The Morgan fingerprint density at radius 3 is 2.22 bits per heavy atom. The van der Waals surface area contributed by atoms with Gasteiger partial charge in [0.2, 0.25) is 0 Å². The third-order valence-corrected chi connectivity index (χ3v) is 5.71. The first-order valence-corrected chi connectivity index (χ1v) is 11.4. The summed E-state index contributed by atoms with van der Waals surface area (Å²) in [5.41, 5.74) is 8.46. The zero-order valence-corrected chi connectivity index (χ0v) is 19.8. The number of carbonyl (C=O) groups is 2. The van der Waals surface area contributed by atoms with Crippen LogP contribution in [0.1, 0.15) is 26.5 Å². The van der Waals surface area contributed by atoms with Crippen LogP contribution in [0.15, 0.2) is 91.1 Å². The highest BCUT2D eigenvalue weighted by atomic mass is 35.5. The highest BCUT2D eigenvalue weighted by Crippen LogP contribution is 2.23. The summed E-state index contributed by atoms with van der Waals surface area (Å²) in [6.45, 7) is 1.70. The van der Waals surface area contributed by atoms with Gasteiger partial charge in [0.25, 0.3) is 11.8 Å². The molecule has 9 nitrogen and oxygen atoms in total. The van der Waals surface area contributed by atoms with Gasteiger partial charge in [0.15, 0.2) is 5.69 Å². The lowest BCUT2D eigenvalue weighted by molar-refractivity contribution is 0.0843. The fourth-order valence-corrected chi connectivity index (χ4v) is 3.88. The maximum absolute atomic E-state index is 13.1. The van der Waals surface area contributed by atoms with Crippen LogP contribution >= 0.6 is 11.6 Å². The average molecular weight is 498 g/mol. The molecule has 0 saturated heterocycles. The number of hydrogen-bond donors (Lipinski definition) is 2. The van der Waals surface area contributed by atoms with Gasteiger partial charge in [-0.25, -0.2) is 9.36 Å². The Bertz CT molecular complexity index is 1550. The van der Waals surface area contributed by atoms with Gasteiger partial charge in [0.1, 0.15) is 5.69 Å². The van der Waals surface area contributed by atoms with Crippen molar-refractivity contribution in [3.63, 3.8) is 0 Å². The molecule has 0 unspecified atom stereocenters. The predicted molar refractivity (Wildman–Crippen MR) is 135 cm³/mol. The van der Waals surface area contributed by atoms with Gasteiger partial charge in [-0.05, 0) is 37.3 Å². The fourth-order valence-electron chi connectivity index (χ4n) is 3.69. The number of nitrogens with one attached hydrogen (secondary N) is 2. The number of carbonyl (C=O) groups excluding carboxylic acids is 2. The summed E-state index contributed by atoms with van der Waals surface area (Å²) in [7, 11) is 0. The molecule has 10 heteroatoms. The molecule has 0 spiro atoms. The van der Waals surface area contributed by atoms with Crippen LogP contribution in [-0.4, -0.2) is 36.6 Å². The Kier molecular flexibility index (Phi) is 6.29. The van der Waals surface area contributed by atoms with Gasteiger partial charge in [-0.2, -0.15) is 5.10 Å². The van der Waals surface area contributed by atoms with Gasteiger partial charge in [0.05, 0.1) is 22.6 Å². The summed E-state index contributed by atoms with van der Waals surface area (Å²) in [4.78, 5) is 25.9. The second-order valence-corrected chi connectivity index (χ2v) is 8.30. The molecular weight excluding hydrogens is 478 g/mol. The first kappa shape index (κ1) is 23.0. The Morgan fingerprint density at radius 2 is 1.50 bits per heavy atom. The van der Waals surface area contributed by atoms with Gasteiger partial charge in [-0.1, -0.05) is 71.4 Å². The molecule has 2 heterocycles. The van der Waals surface area contributed by atoms with E-state index < -0.39 is 11.8 Å². The average Bonchev–Trinajstić information content (AvgIpc) is 3.53. The summed E-state index contributed by atoms with van der Waals surface area (Å²) >= 11 is 6.06. The lowest BCUT2D eigenvalue weighted by Crippen LogP contribution is -2.42. The minimum absolute atomic E-state index is 0.0681.